The Morgan fingerprint density at radius 3 is 2.93 bits per heavy atom. The third kappa shape index (κ3) is 6.18. The number of ether oxygens (including phenoxy) is 1. The van der Waals surface area contributed by atoms with Gasteiger partial charge in [0, 0.05) is 25.7 Å². The quantitative estimate of drug-likeness (QED) is 0.270. The molecule has 0 saturated carbocycles. The lowest BCUT2D eigenvalue weighted by Crippen LogP contribution is -2.47. The van der Waals surface area contributed by atoms with Gasteiger partial charge in [-0.1, -0.05) is 0 Å². The maximum Gasteiger partial charge on any atom is 0.421 e. The van der Waals surface area contributed by atoms with E-state index in [1.54, 1.807) is 7.05 Å². The number of halogens is 4. The van der Waals surface area contributed by atoms with E-state index in [1.807, 2.05) is 11.6 Å². The molecule has 2 aromatic heterocycles. The minimum Gasteiger partial charge on any atom is -0.475 e. The Hall–Kier alpha value is -2.12. The summed E-state index contributed by atoms with van der Waals surface area (Å²) in [5, 5.41) is 10.7. The summed E-state index contributed by atoms with van der Waals surface area (Å²) in [6.07, 6.45) is -1.54. The number of guanidine groups is 1. The van der Waals surface area contributed by atoms with E-state index >= 15 is 0 Å². The lowest BCUT2D eigenvalue weighted by atomic mass is 10.1. The Morgan fingerprint density at radius 2 is 2.21 bits per heavy atom. The Balaban J connectivity index is 0.00000300. The minimum atomic E-state index is -4.51. The normalized spacial score (nSPS) is 16.6. The number of nitrogens with zero attached hydrogens (tertiary/aromatic N) is 5. The molecule has 8 nitrogen and oxygen atoms in total. The van der Waals surface area contributed by atoms with Crippen LogP contribution in [0.4, 0.5) is 13.2 Å². The van der Waals surface area contributed by atoms with Gasteiger partial charge in [-0.3, -0.25) is 4.99 Å². The third-order valence-electron chi connectivity index (χ3n) is 4.24. The zero-order chi connectivity index (χ0) is 20.1. The van der Waals surface area contributed by atoms with E-state index in [-0.39, 0.29) is 43.2 Å². The average molecular weight is 525 g/mol. The van der Waals surface area contributed by atoms with Gasteiger partial charge < -0.3 is 15.4 Å². The monoisotopic (exact) mass is 525 g/mol. The molecule has 29 heavy (non-hydrogen) atoms. The lowest BCUT2D eigenvalue weighted by molar-refractivity contribution is -0.139. The lowest BCUT2D eigenvalue weighted by Gasteiger charge is -2.25. The number of hydrogen-bond acceptors (Lipinski definition) is 5. The number of pyridine rings is 1. The molecule has 0 amide bonds. The van der Waals surface area contributed by atoms with E-state index in [0.29, 0.717) is 12.5 Å². The summed E-state index contributed by atoms with van der Waals surface area (Å²) in [7, 11) is 1.63. The van der Waals surface area contributed by atoms with Crippen molar-refractivity contribution in [2.45, 2.75) is 38.5 Å². The number of rotatable bonds is 5. The molecule has 12 heteroatoms. The highest BCUT2D eigenvalue weighted by atomic mass is 127. The molecule has 0 fully saturated rings. The first kappa shape index (κ1) is 23.2. The number of nitrogens with one attached hydrogen (secondary N) is 2. The van der Waals surface area contributed by atoms with Gasteiger partial charge in [0.1, 0.15) is 23.8 Å². The summed E-state index contributed by atoms with van der Waals surface area (Å²) in [4.78, 5) is 12.2. The summed E-state index contributed by atoms with van der Waals surface area (Å²) in [6.45, 7) is 2.82. The summed E-state index contributed by atoms with van der Waals surface area (Å²) in [5.74, 6) is 1.85. The molecule has 3 heterocycles. The van der Waals surface area contributed by atoms with Crippen LogP contribution in [-0.4, -0.2) is 51.9 Å². The molecule has 0 aromatic carbocycles. The number of aliphatic imine (C=N–C) groups is 1. The van der Waals surface area contributed by atoms with Crippen LogP contribution in [0.1, 0.15) is 23.6 Å². The van der Waals surface area contributed by atoms with Crippen molar-refractivity contribution >= 4 is 29.9 Å². The maximum atomic E-state index is 12.9. The smallest absolute Gasteiger partial charge is 0.421 e. The Bertz CT molecular complexity index is 841. The second-order valence-corrected chi connectivity index (χ2v) is 6.34. The van der Waals surface area contributed by atoms with Crippen LogP contribution in [0.25, 0.3) is 0 Å². The van der Waals surface area contributed by atoms with Crippen LogP contribution in [-0.2, 0) is 19.1 Å². The van der Waals surface area contributed by atoms with Gasteiger partial charge in [-0.2, -0.15) is 18.3 Å². The molecule has 3 rings (SSSR count). The van der Waals surface area contributed by atoms with Crippen LogP contribution in [0.2, 0.25) is 0 Å². The molecule has 0 aliphatic carbocycles. The molecule has 0 saturated heterocycles. The molecule has 0 spiro atoms. The molecular formula is C17H23F3IN7O. The van der Waals surface area contributed by atoms with Crippen molar-refractivity contribution in [3.8, 4) is 5.88 Å². The minimum absolute atomic E-state index is 0. The first-order chi connectivity index (χ1) is 13.4. The molecular weight excluding hydrogens is 502 g/mol. The first-order valence-electron chi connectivity index (χ1n) is 8.89. The topological polar surface area (TPSA) is 89.2 Å². The fourth-order valence-corrected chi connectivity index (χ4v) is 2.98. The van der Waals surface area contributed by atoms with Gasteiger partial charge in [0.25, 0.3) is 0 Å². The highest BCUT2D eigenvalue weighted by molar-refractivity contribution is 14.0. The summed E-state index contributed by atoms with van der Waals surface area (Å²) < 4.78 is 45.9. The van der Waals surface area contributed by atoms with Gasteiger partial charge >= 0.3 is 6.18 Å². The predicted molar refractivity (Wildman–Crippen MR) is 112 cm³/mol. The van der Waals surface area contributed by atoms with Gasteiger partial charge in [-0.25, -0.2) is 14.6 Å². The van der Waals surface area contributed by atoms with Crippen molar-refractivity contribution in [3.05, 3.63) is 35.5 Å². The molecule has 1 unspecified atom stereocenters. The van der Waals surface area contributed by atoms with Gasteiger partial charge in [-0.05, 0) is 25.5 Å². The molecule has 2 N–H and O–H groups in total. The van der Waals surface area contributed by atoms with E-state index in [2.05, 4.69) is 30.7 Å². The van der Waals surface area contributed by atoms with Crippen LogP contribution >= 0.6 is 24.0 Å². The van der Waals surface area contributed by atoms with Gasteiger partial charge in [0.2, 0.25) is 5.88 Å². The highest BCUT2D eigenvalue weighted by Gasteiger charge is 2.35. The fourth-order valence-electron chi connectivity index (χ4n) is 2.98. The number of alkyl halides is 3. The van der Waals surface area contributed by atoms with Crippen molar-refractivity contribution in [2.24, 2.45) is 4.99 Å². The summed E-state index contributed by atoms with van der Waals surface area (Å²) in [6, 6.07) is 2.30. The van der Waals surface area contributed by atoms with Crippen LogP contribution < -0.4 is 15.4 Å². The Kier molecular flexibility index (Phi) is 8.05. The molecule has 2 aromatic rings. The maximum absolute atomic E-state index is 12.9. The molecule has 0 bridgehead atoms. The average Bonchev–Trinajstić information content (AvgIpc) is 3.03. The van der Waals surface area contributed by atoms with Crippen LogP contribution in [0.15, 0.2) is 23.3 Å². The van der Waals surface area contributed by atoms with Crippen molar-refractivity contribution in [1.82, 2.24) is 30.4 Å². The van der Waals surface area contributed by atoms with E-state index in [0.717, 1.165) is 30.6 Å². The van der Waals surface area contributed by atoms with E-state index < -0.39 is 17.6 Å². The van der Waals surface area contributed by atoms with Crippen LogP contribution in [0.5, 0.6) is 5.88 Å². The third-order valence-corrected chi connectivity index (χ3v) is 4.24. The Labute approximate surface area is 183 Å². The molecule has 1 aliphatic rings. The number of hydrogen-bond donors (Lipinski definition) is 2. The highest BCUT2D eigenvalue weighted by Crippen LogP contribution is 2.34. The molecule has 1 atom stereocenters. The van der Waals surface area contributed by atoms with E-state index in [9.17, 15) is 13.2 Å². The second kappa shape index (κ2) is 10.1. The SMILES string of the molecule is CN=C(NCCOc1ncccc1C(F)(F)F)NC1CCc2nc(C)nn2C1.I. The largest absolute Gasteiger partial charge is 0.475 e. The zero-order valence-electron chi connectivity index (χ0n) is 16.0. The summed E-state index contributed by atoms with van der Waals surface area (Å²) >= 11 is 0. The van der Waals surface area contributed by atoms with E-state index in [4.69, 9.17) is 4.74 Å². The molecule has 160 valence electrons. The van der Waals surface area contributed by atoms with Crippen molar-refractivity contribution in [1.29, 1.82) is 0 Å². The number of fused-ring (bicyclic) bond motifs is 1. The molecule has 1 aliphatic heterocycles. The number of aryl methyl sites for hydroxylation is 2. The van der Waals surface area contributed by atoms with E-state index in [1.165, 1.54) is 12.3 Å². The van der Waals surface area contributed by atoms with Crippen molar-refractivity contribution in [3.63, 3.8) is 0 Å². The van der Waals surface area contributed by atoms with Gasteiger partial charge in [0.15, 0.2) is 5.96 Å². The van der Waals surface area contributed by atoms with Crippen LogP contribution in [0.3, 0.4) is 0 Å². The van der Waals surface area contributed by atoms with Gasteiger partial charge in [-0.15, -0.1) is 24.0 Å². The first-order valence-corrected chi connectivity index (χ1v) is 8.89. The molecule has 0 radical (unpaired) electrons. The summed E-state index contributed by atoms with van der Waals surface area (Å²) in [5.41, 5.74) is -0.890. The number of aromatic nitrogens is 4. The second-order valence-electron chi connectivity index (χ2n) is 6.34. The zero-order valence-corrected chi connectivity index (χ0v) is 18.4. The van der Waals surface area contributed by atoms with Crippen molar-refractivity contribution < 1.29 is 17.9 Å². The predicted octanol–water partition coefficient (Wildman–Crippen LogP) is 2.18. The Morgan fingerprint density at radius 1 is 1.41 bits per heavy atom. The fraction of sp³-hybridized carbons (Fsp3) is 0.529. The standard InChI is InChI=1S/C17H22F3N7O.HI/c1-11-24-14-6-5-12(10-27(14)26-11)25-16(21-2)23-8-9-28-15-13(17(18,19)20)4-3-7-22-15;/h3-4,7,12H,5-6,8-10H2,1-2H3,(H2,21,23,25);1H. The van der Waals surface area contributed by atoms with Crippen molar-refractivity contribution in [2.75, 3.05) is 20.2 Å². The van der Waals surface area contributed by atoms with Crippen LogP contribution in [0, 0.1) is 6.92 Å². The van der Waals surface area contributed by atoms with Gasteiger partial charge in [0.05, 0.1) is 13.1 Å².